The summed E-state index contributed by atoms with van der Waals surface area (Å²) in [5, 5.41) is -0.302. The molecule has 150 valence electrons. The fraction of sp³-hybridized carbons (Fsp3) is 0.227. The maximum atomic E-state index is 12.7. The molecule has 6 nitrogen and oxygen atoms in total. The van der Waals surface area contributed by atoms with Gasteiger partial charge in [-0.05, 0) is 54.9 Å². The summed E-state index contributed by atoms with van der Waals surface area (Å²) in [6.45, 7) is 5.73. The molecule has 0 atom stereocenters. The number of aryl methyl sites for hydroxylation is 1. The maximum absolute atomic E-state index is 12.7. The molecule has 0 aliphatic carbocycles. The van der Waals surface area contributed by atoms with Crippen molar-refractivity contribution in [3.8, 4) is 11.5 Å². The zero-order chi connectivity index (χ0) is 21.0. The van der Waals surface area contributed by atoms with Gasteiger partial charge >= 0.3 is 5.97 Å². The number of carbonyl (C=O) groups is 3. The summed E-state index contributed by atoms with van der Waals surface area (Å²) in [7, 11) is 0. The summed E-state index contributed by atoms with van der Waals surface area (Å²) in [6, 6.07) is 12.7. The van der Waals surface area contributed by atoms with Crippen LogP contribution in [0.4, 0.5) is 4.79 Å². The summed E-state index contributed by atoms with van der Waals surface area (Å²) in [4.78, 5) is 37.9. The summed E-state index contributed by atoms with van der Waals surface area (Å²) in [5.41, 5.74) is 2.64. The highest BCUT2D eigenvalue weighted by atomic mass is 32.2. The minimum Gasteiger partial charge on any atom is -0.490 e. The number of esters is 1. The van der Waals surface area contributed by atoms with Crippen LogP contribution >= 0.6 is 11.8 Å². The van der Waals surface area contributed by atoms with E-state index >= 15 is 0 Å². The van der Waals surface area contributed by atoms with Gasteiger partial charge in [-0.3, -0.25) is 19.3 Å². The number of rotatable bonds is 6. The molecule has 3 rings (SSSR count). The first-order chi connectivity index (χ1) is 13.9. The second-order valence-corrected chi connectivity index (χ2v) is 7.48. The van der Waals surface area contributed by atoms with Crippen LogP contribution < -0.4 is 9.47 Å². The Bertz CT molecular complexity index is 998. The van der Waals surface area contributed by atoms with E-state index in [1.165, 1.54) is 11.8 Å². The number of amides is 2. The van der Waals surface area contributed by atoms with Gasteiger partial charge in [0.05, 0.1) is 18.1 Å². The Labute approximate surface area is 173 Å². The molecule has 1 aliphatic heterocycles. The number of nitrogens with zero attached hydrogens (tertiary/aromatic N) is 1. The molecular weight excluding hydrogens is 390 g/mol. The average Bonchev–Trinajstić information content (AvgIpc) is 2.91. The molecule has 1 saturated heterocycles. The second kappa shape index (κ2) is 8.96. The van der Waals surface area contributed by atoms with Crippen molar-refractivity contribution in [2.75, 3.05) is 6.61 Å². The van der Waals surface area contributed by atoms with Gasteiger partial charge in [0.15, 0.2) is 11.5 Å². The van der Waals surface area contributed by atoms with E-state index in [1.807, 2.05) is 38.1 Å². The summed E-state index contributed by atoms with van der Waals surface area (Å²) >= 11 is 0.906. The Morgan fingerprint density at radius 3 is 2.62 bits per heavy atom. The molecule has 29 heavy (non-hydrogen) atoms. The zero-order valence-electron chi connectivity index (χ0n) is 16.4. The number of thioether (sulfide) groups is 1. The molecule has 1 heterocycles. The van der Waals surface area contributed by atoms with Crippen LogP contribution in [0.1, 0.15) is 30.5 Å². The van der Waals surface area contributed by atoms with Crippen molar-refractivity contribution in [2.45, 2.75) is 27.3 Å². The Balaban J connectivity index is 1.83. The number of hydrogen-bond acceptors (Lipinski definition) is 6. The molecule has 0 saturated carbocycles. The molecule has 0 N–H and O–H groups in total. The third kappa shape index (κ3) is 5.06. The van der Waals surface area contributed by atoms with Crippen molar-refractivity contribution in [1.29, 1.82) is 0 Å². The van der Waals surface area contributed by atoms with E-state index in [9.17, 15) is 14.4 Å². The normalized spacial score (nSPS) is 15.1. The van der Waals surface area contributed by atoms with Gasteiger partial charge in [-0.25, -0.2) is 0 Å². The topological polar surface area (TPSA) is 72.9 Å². The highest BCUT2D eigenvalue weighted by Gasteiger charge is 2.35. The average molecular weight is 411 g/mol. The first-order valence-electron chi connectivity index (χ1n) is 9.13. The van der Waals surface area contributed by atoms with E-state index in [-0.39, 0.29) is 17.7 Å². The monoisotopic (exact) mass is 411 g/mol. The number of ether oxygens (including phenoxy) is 2. The molecule has 0 bridgehead atoms. The fourth-order valence-corrected chi connectivity index (χ4v) is 3.74. The number of imide groups is 1. The number of carbonyl (C=O) groups excluding carboxylic acids is 3. The molecule has 2 aromatic rings. The summed E-state index contributed by atoms with van der Waals surface area (Å²) in [5.74, 6) is -0.0704. The molecule has 2 aromatic carbocycles. The van der Waals surface area contributed by atoms with E-state index in [2.05, 4.69) is 0 Å². The predicted octanol–water partition coefficient (Wildman–Crippen LogP) is 4.56. The molecule has 2 amide bonds. The van der Waals surface area contributed by atoms with E-state index in [0.29, 0.717) is 28.6 Å². The van der Waals surface area contributed by atoms with Crippen LogP contribution in [0.5, 0.6) is 11.5 Å². The minimum atomic E-state index is -0.448. The molecule has 0 unspecified atom stereocenters. The Kier molecular flexibility index (Phi) is 6.39. The van der Waals surface area contributed by atoms with E-state index in [4.69, 9.17) is 9.47 Å². The Morgan fingerprint density at radius 2 is 1.93 bits per heavy atom. The van der Waals surface area contributed by atoms with Crippen molar-refractivity contribution in [1.82, 2.24) is 4.90 Å². The van der Waals surface area contributed by atoms with Gasteiger partial charge in [-0.15, -0.1) is 0 Å². The van der Waals surface area contributed by atoms with E-state index < -0.39 is 5.97 Å². The van der Waals surface area contributed by atoms with Crippen molar-refractivity contribution in [3.63, 3.8) is 0 Å². The van der Waals surface area contributed by atoms with Gasteiger partial charge in [0, 0.05) is 6.92 Å². The quantitative estimate of drug-likeness (QED) is 0.394. The van der Waals surface area contributed by atoms with Crippen molar-refractivity contribution >= 4 is 35.0 Å². The highest BCUT2D eigenvalue weighted by Crippen LogP contribution is 2.35. The smallest absolute Gasteiger partial charge is 0.308 e. The molecule has 0 aromatic heterocycles. The largest absolute Gasteiger partial charge is 0.490 e. The van der Waals surface area contributed by atoms with Crippen LogP contribution in [0.2, 0.25) is 0 Å². The number of benzene rings is 2. The van der Waals surface area contributed by atoms with Crippen LogP contribution in [0, 0.1) is 6.92 Å². The molecule has 0 radical (unpaired) electrons. The lowest BCUT2D eigenvalue weighted by Gasteiger charge is -2.13. The van der Waals surface area contributed by atoms with E-state index in [1.54, 1.807) is 24.3 Å². The SMILES string of the molecule is CCOc1cc(/C=C2/SC(=O)N(Cc3cccc(C)c3)C2=O)ccc1OC(C)=O. The molecular formula is C22H21NO5S. The van der Waals surface area contributed by atoms with Crippen LogP contribution in [0.3, 0.4) is 0 Å². The first kappa shape index (κ1) is 20.7. The van der Waals surface area contributed by atoms with Gasteiger partial charge in [-0.1, -0.05) is 35.9 Å². The maximum Gasteiger partial charge on any atom is 0.308 e. The third-order valence-corrected chi connectivity index (χ3v) is 5.02. The molecule has 1 aliphatic rings. The third-order valence-electron chi connectivity index (χ3n) is 4.12. The lowest BCUT2D eigenvalue weighted by Crippen LogP contribution is -2.27. The van der Waals surface area contributed by atoms with Gasteiger partial charge < -0.3 is 9.47 Å². The van der Waals surface area contributed by atoms with E-state index in [0.717, 1.165) is 22.9 Å². The Morgan fingerprint density at radius 1 is 1.14 bits per heavy atom. The van der Waals surface area contributed by atoms with Crippen LogP contribution in [-0.4, -0.2) is 28.6 Å². The molecule has 1 fully saturated rings. The van der Waals surface area contributed by atoms with Gasteiger partial charge in [0.1, 0.15) is 0 Å². The molecule has 7 heteroatoms. The zero-order valence-corrected chi connectivity index (χ0v) is 17.2. The molecule has 0 spiro atoms. The number of hydrogen-bond donors (Lipinski definition) is 0. The van der Waals surface area contributed by atoms with Crippen molar-refractivity contribution < 1.29 is 23.9 Å². The first-order valence-corrected chi connectivity index (χ1v) is 9.95. The second-order valence-electron chi connectivity index (χ2n) is 6.49. The minimum absolute atomic E-state index is 0.235. The standard InChI is InChI=1S/C22H21NO5S/c1-4-27-19-11-16(8-9-18(19)28-15(3)24)12-20-21(25)23(22(26)29-20)13-17-7-5-6-14(2)10-17/h5-12H,4,13H2,1-3H3/b20-12+. The van der Waals surface area contributed by atoms with Crippen molar-refractivity contribution in [3.05, 3.63) is 64.1 Å². The van der Waals surface area contributed by atoms with Crippen LogP contribution in [0.15, 0.2) is 47.4 Å². The lowest BCUT2D eigenvalue weighted by molar-refractivity contribution is -0.132. The predicted molar refractivity (Wildman–Crippen MR) is 112 cm³/mol. The van der Waals surface area contributed by atoms with Crippen molar-refractivity contribution in [2.24, 2.45) is 0 Å². The van der Waals surface area contributed by atoms with Gasteiger partial charge in [0.25, 0.3) is 11.1 Å². The van der Waals surface area contributed by atoms with Crippen LogP contribution in [0.25, 0.3) is 6.08 Å². The highest BCUT2D eigenvalue weighted by molar-refractivity contribution is 8.18. The Hall–Kier alpha value is -3.06. The van der Waals surface area contributed by atoms with Gasteiger partial charge in [-0.2, -0.15) is 0 Å². The van der Waals surface area contributed by atoms with Gasteiger partial charge in [0.2, 0.25) is 0 Å². The lowest BCUT2D eigenvalue weighted by atomic mass is 10.1. The summed E-state index contributed by atoms with van der Waals surface area (Å²) in [6.07, 6.45) is 1.64. The fourth-order valence-electron chi connectivity index (χ4n) is 2.90. The van der Waals surface area contributed by atoms with Crippen LogP contribution in [-0.2, 0) is 16.1 Å². The summed E-state index contributed by atoms with van der Waals surface area (Å²) < 4.78 is 10.7.